The molecule has 0 aliphatic rings. The third-order valence-electron chi connectivity index (χ3n) is 4.82. The average molecular weight is 390 g/mol. The van der Waals surface area contributed by atoms with Crippen LogP contribution in [0.1, 0.15) is 38.4 Å². The highest BCUT2D eigenvalue weighted by Crippen LogP contribution is 2.25. The van der Waals surface area contributed by atoms with Crippen molar-refractivity contribution in [3.05, 3.63) is 92.3 Å². The van der Waals surface area contributed by atoms with E-state index in [1.165, 1.54) is 35.4 Å². The van der Waals surface area contributed by atoms with Gasteiger partial charge < -0.3 is 4.57 Å². The third-order valence-corrected chi connectivity index (χ3v) is 4.82. The van der Waals surface area contributed by atoms with Crippen molar-refractivity contribution in [2.75, 3.05) is 0 Å². The van der Waals surface area contributed by atoms with Gasteiger partial charge in [0, 0.05) is 34.6 Å². The maximum atomic E-state index is 12.2. The summed E-state index contributed by atoms with van der Waals surface area (Å²) in [5, 5.41) is 14.9. The number of hydrazone groups is 1. The number of hydrogen-bond donors (Lipinski definition) is 1. The molecule has 3 aromatic rings. The summed E-state index contributed by atoms with van der Waals surface area (Å²) in [4.78, 5) is 22.5. The van der Waals surface area contributed by atoms with Gasteiger partial charge in [0.15, 0.2) is 0 Å². The van der Waals surface area contributed by atoms with Gasteiger partial charge in [-0.3, -0.25) is 14.9 Å². The van der Waals surface area contributed by atoms with Crippen LogP contribution in [0, 0.1) is 37.8 Å². The van der Waals surface area contributed by atoms with E-state index < -0.39 is 10.8 Å². The molecule has 0 aliphatic carbocycles. The van der Waals surface area contributed by atoms with Gasteiger partial charge >= 0.3 is 0 Å². The lowest BCUT2D eigenvalue weighted by Crippen LogP contribution is -2.17. The van der Waals surface area contributed by atoms with E-state index in [4.69, 9.17) is 0 Å². The van der Waals surface area contributed by atoms with E-state index >= 15 is 0 Å². The molecular weight excluding hydrogens is 368 g/mol. The summed E-state index contributed by atoms with van der Waals surface area (Å²) in [5.74, 6) is -0.506. The zero-order chi connectivity index (χ0) is 21.1. The average Bonchev–Trinajstić information content (AvgIpc) is 2.96. The normalized spacial score (nSPS) is 11.0. The Labute approximate surface area is 168 Å². The van der Waals surface area contributed by atoms with Crippen LogP contribution in [0.4, 0.5) is 5.69 Å². The van der Waals surface area contributed by atoms with Gasteiger partial charge in [0.05, 0.1) is 16.8 Å². The Bertz CT molecular complexity index is 1110. The monoisotopic (exact) mass is 390 g/mol. The summed E-state index contributed by atoms with van der Waals surface area (Å²) in [7, 11) is 0. The summed E-state index contributed by atoms with van der Waals surface area (Å²) in [6, 6.07) is 13.7. The molecule has 0 spiro atoms. The van der Waals surface area contributed by atoms with Crippen molar-refractivity contribution in [3.8, 4) is 5.69 Å². The highest BCUT2D eigenvalue weighted by atomic mass is 16.6. The second-order valence-electron chi connectivity index (χ2n) is 6.91. The fraction of sp³-hybridized carbons (Fsp3) is 0.182. The number of nitro groups is 1. The van der Waals surface area contributed by atoms with Crippen molar-refractivity contribution in [3.63, 3.8) is 0 Å². The Hall–Kier alpha value is -3.74. The van der Waals surface area contributed by atoms with Crippen LogP contribution in [0.2, 0.25) is 0 Å². The molecule has 0 radical (unpaired) electrons. The second-order valence-corrected chi connectivity index (χ2v) is 6.91. The Balaban J connectivity index is 1.83. The highest BCUT2D eigenvalue weighted by Gasteiger charge is 2.14. The molecule has 148 valence electrons. The Morgan fingerprint density at radius 2 is 1.72 bits per heavy atom. The highest BCUT2D eigenvalue weighted by molar-refractivity contribution is 5.95. The van der Waals surface area contributed by atoms with Crippen LogP contribution in [0.15, 0.2) is 53.6 Å². The first-order valence-corrected chi connectivity index (χ1v) is 9.13. The quantitative estimate of drug-likeness (QED) is 0.398. The van der Waals surface area contributed by atoms with Crippen LogP contribution in [0.5, 0.6) is 0 Å². The van der Waals surface area contributed by atoms with E-state index in [0.717, 1.165) is 22.6 Å². The van der Waals surface area contributed by atoms with E-state index in [-0.39, 0.29) is 11.3 Å². The number of carbonyl (C=O) groups is 1. The number of non-ortho nitro benzene ring substituents is 1. The summed E-state index contributed by atoms with van der Waals surface area (Å²) in [5.41, 5.74) is 8.91. The van der Waals surface area contributed by atoms with E-state index in [1.54, 1.807) is 6.21 Å². The lowest BCUT2D eigenvalue weighted by molar-refractivity contribution is -0.384. The smallest absolute Gasteiger partial charge is 0.271 e. The number of nitro benzene ring substituents is 1. The predicted molar refractivity (Wildman–Crippen MR) is 113 cm³/mol. The Morgan fingerprint density at radius 1 is 1.07 bits per heavy atom. The van der Waals surface area contributed by atoms with Crippen LogP contribution >= 0.6 is 0 Å². The van der Waals surface area contributed by atoms with Gasteiger partial charge in [0.1, 0.15) is 0 Å². The summed E-state index contributed by atoms with van der Waals surface area (Å²) >= 11 is 0. The van der Waals surface area contributed by atoms with E-state index in [2.05, 4.69) is 41.1 Å². The summed E-state index contributed by atoms with van der Waals surface area (Å²) < 4.78 is 2.17. The number of carbonyl (C=O) groups excluding carboxylic acids is 1. The van der Waals surface area contributed by atoms with Gasteiger partial charge in [-0.05, 0) is 51.0 Å². The molecule has 29 heavy (non-hydrogen) atoms. The molecule has 0 atom stereocenters. The number of nitrogens with zero attached hydrogens (tertiary/aromatic N) is 3. The molecule has 2 aromatic carbocycles. The van der Waals surface area contributed by atoms with Gasteiger partial charge in [-0.15, -0.1) is 0 Å². The lowest BCUT2D eigenvalue weighted by Gasteiger charge is -2.15. The molecule has 0 fully saturated rings. The maximum absolute atomic E-state index is 12.2. The molecule has 7 heteroatoms. The largest absolute Gasteiger partial charge is 0.317 e. The van der Waals surface area contributed by atoms with Gasteiger partial charge in [0.2, 0.25) is 0 Å². The molecule has 7 nitrogen and oxygen atoms in total. The molecule has 1 aromatic heterocycles. The molecule has 1 N–H and O–H groups in total. The molecule has 3 rings (SSSR count). The fourth-order valence-electron chi connectivity index (χ4n) is 3.41. The third kappa shape index (κ3) is 4.08. The first-order chi connectivity index (χ1) is 13.8. The summed E-state index contributed by atoms with van der Waals surface area (Å²) in [6.45, 7) is 8.18. The topological polar surface area (TPSA) is 89.5 Å². The molecule has 0 saturated heterocycles. The second kappa shape index (κ2) is 8.10. The van der Waals surface area contributed by atoms with Crippen LogP contribution < -0.4 is 5.43 Å². The van der Waals surface area contributed by atoms with Crippen LogP contribution in [0.25, 0.3) is 5.69 Å². The predicted octanol–water partition coefficient (Wildman–Crippen LogP) is 4.38. The zero-order valence-electron chi connectivity index (χ0n) is 16.8. The van der Waals surface area contributed by atoms with Gasteiger partial charge in [-0.25, -0.2) is 5.43 Å². The standard InChI is InChI=1S/C22H22N4O3/c1-14-7-5-8-15(2)21(14)25-16(3)11-19(17(25)4)13-23-24-22(27)18-9-6-10-20(12-18)26(28)29/h5-13H,1-4H3,(H,24,27)/b23-13+. The van der Waals surface area contributed by atoms with Crippen LogP contribution in [-0.4, -0.2) is 21.6 Å². The first kappa shape index (κ1) is 20.0. The van der Waals surface area contributed by atoms with E-state index in [9.17, 15) is 14.9 Å². The molecule has 0 unspecified atom stereocenters. The summed E-state index contributed by atoms with van der Waals surface area (Å²) in [6.07, 6.45) is 1.59. The minimum atomic E-state index is -0.539. The minimum Gasteiger partial charge on any atom is -0.317 e. The molecular formula is C22H22N4O3. The van der Waals surface area contributed by atoms with E-state index in [1.807, 2.05) is 26.0 Å². The number of nitrogens with one attached hydrogen (secondary N) is 1. The zero-order valence-corrected chi connectivity index (χ0v) is 16.8. The van der Waals surface area contributed by atoms with Crippen LogP contribution in [-0.2, 0) is 0 Å². The lowest BCUT2D eigenvalue weighted by atomic mass is 10.1. The number of hydrogen-bond acceptors (Lipinski definition) is 4. The van der Waals surface area contributed by atoms with E-state index in [0.29, 0.717) is 0 Å². The van der Waals surface area contributed by atoms with Gasteiger partial charge in [-0.2, -0.15) is 5.10 Å². The molecule has 0 saturated carbocycles. The first-order valence-electron chi connectivity index (χ1n) is 9.13. The molecule has 1 amide bonds. The number of aryl methyl sites for hydroxylation is 3. The van der Waals surface area contributed by atoms with Crippen molar-refractivity contribution in [2.45, 2.75) is 27.7 Å². The number of aromatic nitrogens is 1. The van der Waals surface area contributed by atoms with Crippen molar-refractivity contribution in [2.24, 2.45) is 5.10 Å². The number of amides is 1. The Morgan fingerprint density at radius 3 is 2.38 bits per heavy atom. The number of rotatable bonds is 5. The number of para-hydroxylation sites is 1. The molecule has 0 aliphatic heterocycles. The molecule has 0 bridgehead atoms. The van der Waals surface area contributed by atoms with Crippen LogP contribution in [0.3, 0.4) is 0 Å². The molecule has 1 heterocycles. The fourth-order valence-corrected chi connectivity index (χ4v) is 3.41. The number of benzene rings is 2. The van der Waals surface area contributed by atoms with Crippen molar-refractivity contribution in [1.82, 2.24) is 9.99 Å². The minimum absolute atomic E-state index is 0.140. The van der Waals surface area contributed by atoms with Crippen molar-refractivity contribution < 1.29 is 9.72 Å². The Kier molecular flexibility index (Phi) is 5.59. The van der Waals surface area contributed by atoms with Gasteiger partial charge in [-0.1, -0.05) is 24.3 Å². The van der Waals surface area contributed by atoms with Crippen molar-refractivity contribution in [1.29, 1.82) is 0 Å². The van der Waals surface area contributed by atoms with Gasteiger partial charge in [0.25, 0.3) is 11.6 Å². The SMILES string of the molecule is Cc1cccc(C)c1-n1c(C)cc(/C=N/NC(=O)c2cccc([N+](=O)[O-])c2)c1C. The maximum Gasteiger partial charge on any atom is 0.271 e. The van der Waals surface area contributed by atoms with Crippen molar-refractivity contribution >= 4 is 17.8 Å².